The van der Waals surface area contributed by atoms with E-state index in [1.165, 1.54) is 0 Å². The lowest BCUT2D eigenvalue weighted by Gasteiger charge is -2.23. The third-order valence-electron chi connectivity index (χ3n) is 4.79. The Kier molecular flexibility index (Phi) is 7.63. The second-order valence-corrected chi connectivity index (χ2v) is 7.60. The van der Waals surface area contributed by atoms with Gasteiger partial charge in [0.1, 0.15) is 0 Å². The maximum absolute atomic E-state index is 13.0. The van der Waals surface area contributed by atoms with Crippen molar-refractivity contribution in [1.29, 1.82) is 0 Å². The molecule has 0 aliphatic heterocycles. The molecule has 0 heterocycles. The van der Waals surface area contributed by atoms with Gasteiger partial charge in [-0.25, -0.2) is 0 Å². The molecule has 0 spiro atoms. The summed E-state index contributed by atoms with van der Waals surface area (Å²) in [5, 5.41) is 3.45. The van der Waals surface area contributed by atoms with Crippen molar-refractivity contribution in [2.24, 2.45) is 0 Å². The first kappa shape index (κ1) is 21.6. The number of hydrogen-bond donors (Lipinski definition) is 1. The molecule has 1 N–H and O–H groups in total. The van der Waals surface area contributed by atoms with Crippen molar-refractivity contribution in [2.75, 3.05) is 11.4 Å². The molecule has 0 radical (unpaired) electrons. The summed E-state index contributed by atoms with van der Waals surface area (Å²) in [6, 6.07) is 24.6. The van der Waals surface area contributed by atoms with Crippen molar-refractivity contribution in [3.05, 3.63) is 101 Å². The van der Waals surface area contributed by atoms with Crippen LogP contribution in [-0.4, -0.2) is 18.4 Å². The van der Waals surface area contributed by atoms with E-state index < -0.39 is 0 Å². The molecule has 3 rings (SSSR count). The Morgan fingerprint density at radius 3 is 2.23 bits per heavy atom. The first-order valence-electron chi connectivity index (χ1n) is 9.97. The highest BCUT2D eigenvalue weighted by Gasteiger charge is 2.16. The Hall–Kier alpha value is -3.11. The second-order valence-electron chi connectivity index (χ2n) is 7.17. The molecule has 0 aromatic heterocycles. The van der Waals surface area contributed by atoms with Gasteiger partial charge in [-0.15, -0.1) is 0 Å². The second kappa shape index (κ2) is 10.6. The zero-order chi connectivity index (χ0) is 21.3. The number of benzene rings is 3. The van der Waals surface area contributed by atoms with Gasteiger partial charge >= 0.3 is 0 Å². The van der Waals surface area contributed by atoms with Gasteiger partial charge in [-0.05, 0) is 55.3 Å². The fourth-order valence-corrected chi connectivity index (χ4v) is 3.22. The van der Waals surface area contributed by atoms with Crippen LogP contribution in [0.25, 0.3) is 0 Å². The summed E-state index contributed by atoms with van der Waals surface area (Å²) >= 11 is 5.85. The molecule has 0 saturated carbocycles. The SMILES string of the molecule is Cc1ccc(N(Cc2ccccc2)C(=O)CCCNC(=O)c2ccc(Cl)cc2)cc1. The molecule has 0 fully saturated rings. The molecule has 0 atom stereocenters. The summed E-state index contributed by atoms with van der Waals surface area (Å²) in [4.78, 5) is 27.0. The average Bonchev–Trinajstić information content (AvgIpc) is 2.76. The molecule has 0 saturated heterocycles. The molecule has 5 heteroatoms. The van der Waals surface area contributed by atoms with Gasteiger partial charge in [-0.1, -0.05) is 59.6 Å². The van der Waals surface area contributed by atoms with E-state index >= 15 is 0 Å². The highest BCUT2D eigenvalue weighted by Crippen LogP contribution is 2.20. The molecule has 30 heavy (non-hydrogen) atoms. The largest absolute Gasteiger partial charge is 0.352 e. The Bertz CT molecular complexity index is 970. The van der Waals surface area contributed by atoms with E-state index in [0.717, 1.165) is 16.8 Å². The quantitative estimate of drug-likeness (QED) is 0.496. The van der Waals surface area contributed by atoms with Gasteiger partial charge in [0.05, 0.1) is 6.54 Å². The van der Waals surface area contributed by atoms with Gasteiger partial charge in [0.15, 0.2) is 0 Å². The van der Waals surface area contributed by atoms with E-state index in [0.29, 0.717) is 36.5 Å². The van der Waals surface area contributed by atoms with Crippen LogP contribution in [0.2, 0.25) is 5.02 Å². The molecule has 0 aliphatic carbocycles. The maximum atomic E-state index is 13.0. The summed E-state index contributed by atoms with van der Waals surface area (Å²) in [5.41, 5.74) is 3.65. The molecular weight excluding hydrogens is 396 g/mol. The van der Waals surface area contributed by atoms with Crippen LogP contribution in [0.3, 0.4) is 0 Å². The normalized spacial score (nSPS) is 10.5. The average molecular weight is 421 g/mol. The summed E-state index contributed by atoms with van der Waals surface area (Å²) in [5.74, 6) is -0.137. The van der Waals surface area contributed by atoms with E-state index in [9.17, 15) is 9.59 Å². The molecule has 4 nitrogen and oxygen atoms in total. The Balaban J connectivity index is 1.58. The minimum absolute atomic E-state index is 0.0310. The van der Waals surface area contributed by atoms with E-state index in [1.807, 2.05) is 61.5 Å². The third-order valence-corrected chi connectivity index (χ3v) is 5.04. The fourth-order valence-electron chi connectivity index (χ4n) is 3.09. The zero-order valence-electron chi connectivity index (χ0n) is 17.0. The number of rotatable bonds is 8. The molecule has 3 aromatic carbocycles. The van der Waals surface area contributed by atoms with Crippen LogP contribution in [0.4, 0.5) is 5.69 Å². The Morgan fingerprint density at radius 2 is 1.57 bits per heavy atom. The van der Waals surface area contributed by atoms with Crippen LogP contribution >= 0.6 is 11.6 Å². The molecule has 3 aromatic rings. The predicted molar refractivity (Wildman–Crippen MR) is 122 cm³/mol. The van der Waals surface area contributed by atoms with E-state index in [1.54, 1.807) is 29.2 Å². The monoisotopic (exact) mass is 420 g/mol. The zero-order valence-corrected chi connectivity index (χ0v) is 17.7. The molecule has 2 amide bonds. The highest BCUT2D eigenvalue weighted by atomic mass is 35.5. The summed E-state index contributed by atoms with van der Waals surface area (Å²) in [7, 11) is 0. The predicted octanol–water partition coefficient (Wildman–Crippen LogP) is 5.39. The van der Waals surface area contributed by atoms with Gasteiger partial charge in [-0.2, -0.15) is 0 Å². The smallest absolute Gasteiger partial charge is 0.251 e. The van der Waals surface area contributed by atoms with Gasteiger partial charge in [0, 0.05) is 29.2 Å². The first-order valence-corrected chi connectivity index (χ1v) is 10.4. The van der Waals surface area contributed by atoms with Gasteiger partial charge in [0.2, 0.25) is 5.91 Å². The number of nitrogens with zero attached hydrogens (tertiary/aromatic N) is 1. The molecule has 0 bridgehead atoms. The van der Waals surface area contributed by atoms with Crippen molar-refractivity contribution in [1.82, 2.24) is 5.32 Å². The minimum Gasteiger partial charge on any atom is -0.352 e. The number of carbonyl (C=O) groups is 2. The topological polar surface area (TPSA) is 49.4 Å². The van der Waals surface area contributed by atoms with E-state index in [2.05, 4.69) is 5.32 Å². The number of anilines is 1. The van der Waals surface area contributed by atoms with Crippen molar-refractivity contribution in [3.8, 4) is 0 Å². The lowest BCUT2D eigenvalue weighted by atomic mass is 10.1. The number of hydrogen-bond acceptors (Lipinski definition) is 2. The number of halogens is 1. The molecular formula is C25H25ClN2O2. The van der Waals surface area contributed by atoms with Crippen LogP contribution in [0.5, 0.6) is 0 Å². The van der Waals surface area contributed by atoms with Crippen LogP contribution in [0.15, 0.2) is 78.9 Å². The van der Waals surface area contributed by atoms with Gasteiger partial charge in [-0.3, -0.25) is 9.59 Å². The fraction of sp³-hybridized carbons (Fsp3) is 0.200. The van der Waals surface area contributed by atoms with Crippen molar-refractivity contribution in [3.63, 3.8) is 0 Å². The number of aryl methyl sites for hydroxylation is 1. The van der Waals surface area contributed by atoms with Crippen LogP contribution in [0, 0.1) is 6.92 Å². The van der Waals surface area contributed by atoms with Crippen LogP contribution < -0.4 is 10.2 Å². The van der Waals surface area contributed by atoms with E-state index in [4.69, 9.17) is 11.6 Å². The molecule has 0 aliphatic rings. The Labute approximate surface area is 182 Å². The lowest BCUT2D eigenvalue weighted by Crippen LogP contribution is -2.31. The number of amides is 2. The van der Waals surface area contributed by atoms with Gasteiger partial charge in [0.25, 0.3) is 5.91 Å². The van der Waals surface area contributed by atoms with Crippen molar-refractivity contribution < 1.29 is 9.59 Å². The molecule has 0 unspecified atom stereocenters. The van der Waals surface area contributed by atoms with Crippen molar-refractivity contribution >= 4 is 29.1 Å². The third kappa shape index (κ3) is 6.19. The first-order chi connectivity index (χ1) is 14.5. The summed E-state index contributed by atoms with van der Waals surface area (Å²) in [6.07, 6.45) is 0.914. The lowest BCUT2D eigenvalue weighted by molar-refractivity contribution is -0.118. The summed E-state index contributed by atoms with van der Waals surface area (Å²) < 4.78 is 0. The standard InChI is InChI=1S/C25H25ClN2O2/c1-19-9-15-23(16-10-19)28(18-20-6-3-2-4-7-20)24(29)8-5-17-27-25(30)21-11-13-22(26)14-12-21/h2-4,6-7,9-16H,5,8,17-18H2,1H3,(H,27,30). The van der Waals surface area contributed by atoms with Gasteiger partial charge < -0.3 is 10.2 Å². The Morgan fingerprint density at radius 1 is 0.900 bits per heavy atom. The van der Waals surface area contributed by atoms with Crippen LogP contribution in [0.1, 0.15) is 34.3 Å². The number of carbonyl (C=O) groups excluding carboxylic acids is 2. The van der Waals surface area contributed by atoms with Crippen LogP contribution in [-0.2, 0) is 11.3 Å². The van der Waals surface area contributed by atoms with E-state index in [-0.39, 0.29) is 11.8 Å². The highest BCUT2D eigenvalue weighted by molar-refractivity contribution is 6.30. The summed E-state index contributed by atoms with van der Waals surface area (Å²) in [6.45, 7) is 2.97. The number of nitrogens with one attached hydrogen (secondary N) is 1. The molecule has 154 valence electrons. The maximum Gasteiger partial charge on any atom is 0.251 e. The minimum atomic E-state index is -0.168. The van der Waals surface area contributed by atoms with Crippen molar-refractivity contribution in [2.45, 2.75) is 26.3 Å².